The highest BCUT2D eigenvalue weighted by molar-refractivity contribution is 6.43. The highest BCUT2D eigenvalue weighted by Crippen LogP contribution is 2.18. The third-order valence-electron chi connectivity index (χ3n) is 4.70. The fourth-order valence-electron chi connectivity index (χ4n) is 3.30. The number of carbonyl (C=O) groups excluding carboxylic acids is 2. The number of benzene rings is 2. The molecule has 0 bridgehead atoms. The molecule has 6 heteroatoms. The van der Waals surface area contributed by atoms with Crippen LogP contribution in [0.15, 0.2) is 54.6 Å². The number of hydrogen-bond acceptors (Lipinski definition) is 4. The molecule has 1 N–H and O–H groups in total. The summed E-state index contributed by atoms with van der Waals surface area (Å²) in [6, 6.07) is 17.5. The minimum Gasteiger partial charge on any atom is -0.345 e. The number of carbonyl (C=O) groups is 2. The monoisotopic (exact) mass is 390 g/mol. The molecule has 0 aliphatic carbocycles. The zero-order valence-electron chi connectivity index (χ0n) is 17.3. The molecule has 150 valence electrons. The van der Waals surface area contributed by atoms with E-state index in [1.807, 2.05) is 68.7 Å². The average Bonchev–Trinajstić information content (AvgIpc) is 3.01. The maximum Gasteiger partial charge on any atom is 0.292 e. The van der Waals surface area contributed by atoms with Gasteiger partial charge in [-0.05, 0) is 51.2 Å². The van der Waals surface area contributed by atoms with Crippen LogP contribution in [-0.4, -0.2) is 40.5 Å². The Bertz CT molecular complexity index is 1010. The van der Waals surface area contributed by atoms with Crippen molar-refractivity contribution in [2.75, 3.05) is 14.1 Å². The van der Waals surface area contributed by atoms with Gasteiger partial charge in [0.15, 0.2) is 0 Å². The van der Waals surface area contributed by atoms with Crippen molar-refractivity contribution in [3.05, 3.63) is 82.7 Å². The van der Waals surface area contributed by atoms with Crippen LogP contribution in [0.1, 0.15) is 32.9 Å². The number of ketones is 1. The van der Waals surface area contributed by atoms with Crippen LogP contribution < -0.4 is 5.32 Å². The van der Waals surface area contributed by atoms with Crippen molar-refractivity contribution in [1.82, 2.24) is 20.0 Å². The molecule has 0 unspecified atom stereocenters. The third kappa shape index (κ3) is 4.78. The summed E-state index contributed by atoms with van der Waals surface area (Å²) in [6.45, 7) is 4.71. The van der Waals surface area contributed by atoms with Gasteiger partial charge in [0.2, 0.25) is 0 Å². The van der Waals surface area contributed by atoms with Crippen molar-refractivity contribution >= 4 is 11.7 Å². The van der Waals surface area contributed by atoms with Crippen molar-refractivity contribution in [2.24, 2.45) is 0 Å². The lowest BCUT2D eigenvalue weighted by Gasteiger charge is -2.10. The summed E-state index contributed by atoms with van der Waals surface area (Å²) >= 11 is 0. The Morgan fingerprint density at radius 2 is 1.59 bits per heavy atom. The van der Waals surface area contributed by atoms with Gasteiger partial charge in [-0.1, -0.05) is 42.5 Å². The minimum atomic E-state index is -0.624. The summed E-state index contributed by atoms with van der Waals surface area (Å²) in [5, 5.41) is 7.17. The van der Waals surface area contributed by atoms with Gasteiger partial charge in [-0.3, -0.25) is 9.59 Å². The highest BCUT2D eigenvalue weighted by Gasteiger charge is 2.24. The Balaban J connectivity index is 1.69. The molecule has 6 nitrogen and oxygen atoms in total. The van der Waals surface area contributed by atoms with E-state index < -0.39 is 11.7 Å². The summed E-state index contributed by atoms with van der Waals surface area (Å²) < 4.78 is 1.69. The van der Waals surface area contributed by atoms with Crippen molar-refractivity contribution in [3.63, 3.8) is 0 Å². The molecule has 0 fully saturated rings. The second kappa shape index (κ2) is 8.84. The Morgan fingerprint density at radius 3 is 2.21 bits per heavy atom. The van der Waals surface area contributed by atoms with Crippen molar-refractivity contribution in [2.45, 2.75) is 26.9 Å². The summed E-state index contributed by atoms with van der Waals surface area (Å²) in [6.07, 6.45) is 0. The van der Waals surface area contributed by atoms with E-state index >= 15 is 0 Å². The van der Waals surface area contributed by atoms with Crippen LogP contribution in [-0.2, 0) is 17.9 Å². The third-order valence-corrected chi connectivity index (χ3v) is 4.70. The van der Waals surface area contributed by atoms with Gasteiger partial charge in [0.05, 0.1) is 22.6 Å². The molecule has 3 rings (SSSR count). The van der Waals surface area contributed by atoms with Gasteiger partial charge in [-0.15, -0.1) is 0 Å². The number of para-hydroxylation sites is 1. The fraction of sp³-hybridized carbons (Fsp3) is 0.261. The number of amides is 1. The second-order valence-corrected chi connectivity index (χ2v) is 7.36. The van der Waals surface area contributed by atoms with E-state index in [1.165, 1.54) is 5.56 Å². The number of rotatable bonds is 7. The standard InChI is InChI=1S/C23H26N4O2/c1-16-21(17(2)27(25-16)20-8-6-5-7-9-20)22(28)23(29)24-14-18-10-12-19(13-11-18)15-26(3)4/h5-13H,14-15H2,1-4H3,(H,24,29). The van der Waals surface area contributed by atoms with E-state index in [-0.39, 0.29) is 0 Å². The van der Waals surface area contributed by atoms with Gasteiger partial charge in [0.25, 0.3) is 11.7 Å². The maximum atomic E-state index is 12.8. The molecule has 29 heavy (non-hydrogen) atoms. The predicted octanol–water partition coefficient (Wildman–Crippen LogP) is 3.05. The first-order valence-corrected chi connectivity index (χ1v) is 9.53. The van der Waals surface area contributed by atoms with Crippen LogP contribution in [0, 0.1) is 13.8 Å². The molecule has 0 atom stereocenters. The first-order chi connectivity index (χ1) is 13.9. The average molecular weight is 390 g/mol. The van der Waals surface area contributed by atoms with Crippen LogP contribution in [0.2, 0.25) is 0 Å². The summed E-state index contributed by atoms with van der Waals surface area (Å²) in [4.78, 5) is 27.3. The zero-order valence-corrected chi connectivity index (χ0v) is 17.3. The highest BCUT2D eigenvalue weighted by atomic mass is 16.2. The molecule has 3 aromatic rings. The molecule has 1 aromatic heterocycles. The molecular weight excluding hydrogens is 364 g/mol. The van der Waals surface area contributed by atoms with Crippen molar-refractivity contribution in [1.29, 1.82) is 0 Å². The number of hydrogen-bond donors (Lipinski definition) is 1. The van der Waals surface area contributed by atoms with E-state index in [0.717, 1.165) is 17.8 Å². The smallest absolute Gasteiger partial charge is 0.292 e. The Kier molecular flexibility index (Phi) is 6.24. The minimum absolute atomic E-state index is 0.303. The number of Topliss-reactive ketones (excluding diaryl/α,β-unsaturated/α-hetero) is 1. The fourth-order valence-corrected chi connectivity index (χ4v) is 3.30. The number of aryl methyl sites for hydroxylation is 1. The molecular formula is C23H26N4O2. The SMILES string of the molecule is Cc1nn(-c2ccccc2)c(C)c1C(=O)C(=O)NCc1ccc(CN(C)C)cc1. The summed E-state index contributed by atoms with van der Waals surface area (Å²) in [7, 11) is 4.04. The van der Waals surface area contributed by atoms with E-state index in [4.69, 9.17) is 0 Å². The summed E-state index contributed by atoms with van der Waals surface area (Å²) in [5.41, 5.74) is 4.54. The zero-order chi connectivity index (χ0) is 21.0. The molecule has 0 saturated heterocycles. The van der Waals surface area contributed by atoms with Gasteiger partial charge in [-0.2, -0.15) is 5.10 Å². The Hall–Kier alpha value is -3.25. The van der Waals surface area contributed by atoms with E-state index in [1.54, 1.807) is 18.5 Å². The van der Waals surface area contributed by atoms with Crippen molar-refractivity contribution in [3.8, 4) is 5.69 Å². The van der Waals surface area contributed by atoms with Crippen LogP contribution >= 0.6 is 0 Å². The van der Waals surface area contributed by atoms with Gasteiger partial charge in [-0.25, -0.2) is 4.68 Å². The topological polar surface area (TPSA) is 67.2 Å². The largest absolute Gasteiger partial charge is 0.345 e. The van der Waals surface area contributed by atoms with Crippen LogP contribution in [0.4, 0.5) is 0 Å². The number of nitrogens with one attached hydrogen (secondary N) is 1. The molecule has 2 aromatic carbocycles. The van der Waals surface area contributed by atoms with E-state index in [9.17, 15) is 9.59 Å². The van der Waals surface area contributed by atoms with Crippen molar-refractivity contribution < 1.29 is 9.59 Å². The quantitative estimate of drug-likeness (QED) is 0.497. The Labute approximate surface area is 171 Å². The lowest BCUT2D eigenvalue weighted by molar-refractivity contribution is -0.117. The van der Waals surface area contributed by atoms with Gasteiger partial charge in [0.1, 0.15) is 0 Å². The lowest BCUT2D eigenvalue weighted by atomic mass is 10.1. The summed E-state index contributed by atoms with van der Waals surface area (Å²) in [5.74, 6) is -1.19. The molecule has 1 heterocycles. The van der Waals surface area contributed by atoms with Gasteiger partial charge in [0, 0.05) is 13.1 Å². The first-order valence-electron chi connectivity index (χ1n) is 9.53. The number of aromatic nitrogens is 2. The first kappa shape index (κ1) is 20.5. The van der Waals surface area contributed by atoms with Gasteiger partial charge >= 0.3 is 0 Å². The molecule has 0 aliphatic heterocycles. The normalized spacial score (nSPS) is 10.9. The van der Waals surface area contributed by atoms with Crippen LogP contribution in [0.25, 0.3) is 5.69 Å². The molecule has 0 spiro atoms. The molecule has 0 aliphatic rings. The van der Waals surface area contributed by atoms with Gasteiger partial charge < -0.3 is 10.2 Å². The van der Waals surface area contributed by atoms with Crippen LogP contribution in [0.3, 0.4) is 0 Å². The predicted molar refractivity (Wildman–Crippen MR) is 113 cm³/mol. The molecule has 1 amide bonds. The van der Waals surface area contributed by atoms with Crippen LogP contribution in [0.5, 0.6) is 0 Å². The van der Waals surface area contributed by atoms with E-state index in [0.29, 0.717) is 23.5 Å². The second-order valence-electron chi connectivity index (χ2n) is 7.36. The van der Waals surface area contributed by atoms with E-state index in [2.05, 4.69) is 15.3 Å². The maximum absolute atomic E-state index is 12.8. The molecule has 0 saturated carbocycles. The number of nitrogens with zero attached hydrogens (tertiary/aromatic N) is 3. The molecule has 0 radical (unpaired) electrons. The lowest BCUT2D eigenvalue weighted by Crippen LogP contribution is -2.31. The Morgan fingerprint density at radius 1 is 0.966 bits per heavy atom.